The predicted molar refractivity (Wildman–Crippen MR) is 136 cm³/mol. The summed E-state index contributed by atoms with van der Waals surface area (Å²) < 4.78 is 36.9. The fourth-order valence-corrected chi connectivity index (χ4v) is 4.62. The summed E-state index contributed by atoms with van der Waals surface area (Å²) in [5.74, 6) is -2.64. The first-order chi connectivity index (χ1) is 17.2. The van der Waals surface area contributed by atoms with Gasteiger partial charge in [0.05, 0.1) is 5.02 Å². The van der Waals surface area contributed by atoms with Crippen molar-refractivity contribution in [2.24, 2.45) is 5.73 Å². The van der Waals surface area contributed by atoms with Crippen LogP contribution in [0.5, 0.6) is 5.88 Å². The first-order valence-electron chi connectivity index (χ1n) is 11.8. The summed E-state index contributed by atoms with van der Waals surface area (Å²) in [6.45, 7) is 5.64. The van der Waals surface area contributed by atoms with E-state index >= 15 is 0 Å². The van der Waals surface area contributed by atoms with Crippen LogP contribution in [0.1, 0.15) is 41.6 Å². The molecule has 3 amide bonds. The van der Waals surface area contributed by atoms with Crippen molar-refractivity contribution < 1.29 is 23.1 Å². The highest BCUT2D eigenvalue weighted by molar-refractivity contribution is 7.11. The minimum atomic E-state index is -0.878. The zero-order valence-corrected chi connectivity index (χ0v) is 21.7. The van der Waals surface area contributed by atoms with E-state index in [2.05, 4.69) is 31.9 Å². The van der Waals surface area contributed by atoms with E-state index in [0.29, 0.717) is 6.54 Å². The van der Waals surface area contributed by atoms with Gasteiger partial charge in [-0.3, -0.25) is 10.1 Å². The molecular formula is C23H31ClF2N6O3S. The normalized spacial score (nSPS) is 14.6. The van der Waals surface area contributed by atoms with Crippen molar-refractivity contribution in [2.75, 3.05) is 51.6 Å². The molecule has 0 radical (unpaired) electrons. The van der Waals surface area contributed by atoms with Gasteiger partial charge >= 0.3 is 6.03 Å². The van der Waals surface area contributed by atoms with Gasteiger partial charge in [-0.2, -0.15) is 4.37 Å². The van der Waals surface area contributed by atoms with Gasteiger partial charge in [0.15, 0.2) is 0 Å². The molecule has 4 N–H and O–H groups in total. The number of nitrogens with one attached hydrogen (secondary N) is 2. The molecule has 0 bridgehead atoms. The molecule has 2 heterocycles. The van der Waals surface area contributed by atoms with Crippen molar-refractivity contribution in [3.8, 4) is 5.88 Å². The maximum atomic E-state index is 14.0. The Kier molecular flexibility index (Phi) is 10.7. The fourth-order valence-electron chi connectivity index (χ4n) is 3.73. The number of carbonyl (C=O) groups is 2. The zero-order valence-electron chi connectivity index (χ0n) is 20.1. The van der Waals surface area contributed by atoms with Gasteiger partial charge < -0.3 is 25.6 Å². The van der Waals surface area contributed by atoms with Crippen LogP contribution in [0, 0.1) is 11.6 Å². The molecule has 0 spiro atoms. The molecule has 0 atom stereocenters. The molecule has 1 fully saturated rings. The predicted octanol–water partition coefficient (Wildman–Crippen LogP) is 3.68. The second-order valence-electron chi connectivity index (χ2n) is 8.64. The Morgan fingerprint density at radius 1 is 1.14 bits per heavy atom. The van der Waals surface area contributed by atoms with Crippen LogP contribution in [0.25, 0.3) is 0 Å². The molecule has 1 aliphatic heterocycles. The van der Waals surface area contributed by atoms with Crippen LogP contribution >= 0.6 is 23.1 Å². The summed E-state index contributed by atoms with van der Waals surface area (Å²) in [4.78, 5) is 29.0. The maximum Gasteiger partial charge on any atom is 0.319 e. The average molecular weight is 545 g/mol. The number of carbonyl (C=O) groups excluding carboxylic acids is 2. The number of rotatable bonds is 12. The van der Waals surface area contributed by atoms with Gasteiger partial charge in [-0.25, -0.2) is 13.6 Å². The number of urea groups is 1. The number of hydrogen-bond donors (Lipinski definition) is 3. The summed E-state index contributed by atoms with van der Waals surface area (Å²) in [7, 11) is 2.14. The van der Waals surface area contributed by atoms with E-state index in [-0.39, 0.29) is 27.0 Å². The summed E-state index contributed by atoms with van der Waals surface area (Å²) >= 11 is 6.34. The lowest BCUT2D eigenvalue weighted by atomic mass is 10.2. The molecule has 0 aliphatic carbocycles. The number of halogens is 3. The van der Waals surface area contributed by atoms with Crippen LogP contribution in [0.3, 0.4) is 0 Å². The third-order valence-corrected chi connectivity index (χ3v) is 6.91. The Morgan fingerprint density at radius 3 is 2.58 bits per heavy atom. The maximum absolute atomic E-state index is 14.0. The molecule has 1 aliphatic rings. The molecule has 1 aromatic heterocycles. The number of benzene rings is 1. The van der Waals surface area contributed by atoms with Gasteiger partial charge in [0.1, 0.15) is 28.8 Å². The SMILES string of the molecule is CN1CCN(CCCCCCNC(=O)Nc2snc(OCc3cc(F)c(Cl)cc3F)c2C(N)=O)CC1. The number of primary amides is 1. The van der Waals surface area contributed by atoms with Crippen LogP contribution in [0.4, 0.5) is 18.6 Å². The number of amides is 3. The molecule has 13 heteroatoms. The Labute approximate surface area is 218 Å². The number of hydrogen-bond acceptors (Lipinski definition) is 7. The van der Waals surface area contributed by atoms with Crippen molar-refractivity contribution in [2.45, 2.75) is 32.3 Å². The van der Waals surface area contributed by atoms with Crippen molar-refractivity contribution in [1.29, 1.82) is 0 Å². The van der Waals surface area contributed by atoms with Crippen LogP contribution in [-0.4, -0.2) is 72.4 Å². The molecule has 3 rings (SSSR count). The second kappa shape index (κ2) is 13.7. The number of piperazine rings is 1. The molecule has 1 saturated heterocycles. The van der Waals surface area contributed by atoms with Gasteiger partial charge in [-0.15, -0.1) is 0 Å². The van der Waals surface area contributed by atoms with E-state index in [1.165, 1.54) is 0 Å². The van der Waals surface area contributed by atoms with Gasteiger partial charge in [0.2, 0.25) is 5.88 Å². The Hall–Kier alpha value is -2.54. The first-order valence-corrected chi connectivity index (χ1v) is 12.9. The topological polar surface area (TPSA) is 113 Å². The van der Waals surface area contributed by atoms with Crippen LogP contribution in [0.2, 0.25) is 5.02 Å². The van der Waals surface area contributed by atoms with Crippen LogP contribution in [-0.2, 0) is 6.61 Å². The highest BCUT2D eigenvalue weighted by atomic mass is 35.5. The number of nitrogens with two attached hydrogens (primary N) is 1. The molecule has 2 aromatic rings. The van der Waals surface area contributed by atoms with E-state index in [0.717, 1.165) is 82.1 Å². The molecule has 1 aromatic carbocycles. The van der Waals surface area contributed by atoms with Crippen LogP contribution < -0.4 is 21.1 Å². The van der Waals surface area contributed by atoms with Crippen molar-refractivity contribution in [3.63, 3.8) is 0 Å². The van der Waals surface area contributed by atoms with Crippen molar-refractivity contribution >= 4 is 40.1 Å². The van der Waals surface area contributed by atoms with Crippen molar-refractivity contribution in [3.05, 3.63) is 39.9 Å². The van der Waals surface area contributed by atoms with Gasteiger partial charge in [-0.1, -0.05) is 24.4 Å². The highest BCUT2D eigenvalue weighted by Crippen LogP contribution is 2.31. The summed E-state index contributed by atoms with van der Waals surface area (Å²) in [6, 6.07) is 1.22. The minimum Gasteiger partial charge on any atom is -0.471 e. The average Bonchev–Trinajstić information content (AvgIpc) is 3.23. The van der Waals surface area contributed by atoms with Gasteiger partial charge in [0.25, 0.3) is 5.91 Å². The quantitative estimate of drug-likeness (QED) is 0.277. The Balaban J connectivity index is 1.40. The molecule has 36 heavy (non-hydrogen) atoms. The lowest BCUT2D eigenvalue weighted by Crippen LogP contribution is -2.44. The van der Waals surface area contributed by atoms with Gasteiger partial charge in [0, 0.05) is 38.3 Å². The van der Waals surface area contributed by atoms with E-state index in [4.69, 9.17) is 22.1 Å². The second-order valence-corrected chi connectivity index (χ2v) is 9.82. The summed E-state index contributed by atoms with van der Waals surface area (Å²) in [5.41, 5.74) is 5.17. The molecule has 9 nitrogen and oxygen atoms in total. The smallest absolute Gasteiger partial charge is 0.319 e. The minimum absolute atomic E-state index is 0.102. The number of aromatic nitrogens is 1. The molecule has 0 saturated carbocycles. The van der Waals surface area contributed by atoms with E-state index in [1.54, 1.807) is 0 Å². The Bertz CT molecular complexity index is 1050. The van der Waals surface area contributed by atoms with Crippen molar-refractivity contribution in [1.82, 2.24) is 19.5 Å². The summed E-state index contributed by atoms with van der Waals surface area (Å²) in [5, 5.41) is 5.04. The highest BCUT2D eigenvalue weighted by Gasteiger charge is 2.22. The summed E-state index contributed by atoms with van der Waals surface area (Å²) in [6.07, 6.45) is 4.06. The first kappa shape index (κ1) is 28.0. The standard InChI is InChI=1S/C23H31ClF2N6O3S/c1-31-8-10-32(11-9-31)7-5-3-2-4-6-28-23(34)29-22-19(20(27)33)21(30-36-22)35-14-15-12-18(26)16(24)13-17(15)25/h12-13H,2-11,14H2,1H3,(H2,27,33)(H2,28,29,34). The number of likely N-dealkylation sites (N-methyl/N-ethyl adjacent to an activating group) is 1. The fraction of sp³-hybridized carbons (Fsp3) is 0.522. The number of unbranched alkanes of at least 4 members (excludes halogenated alkanes) is 3. The third-order valence-electron chi connectivity index (χ3n) is 5.87. The number of ether oxygens (including phenoxy) is 1. The van der Waals surface area contributed by atoms with E-state index in [1.807, 2.05) is 0 Å². The molecular weight excluding hydrogens is 514 g/mol. The van der Waals surface area contributed by atoms with E-state index < -0.39 is 30.2 Å². The Morgan fingerprint density at radius 2 is 1.86 bits per heavy atom. The number of anilines is 1. The lowest BCUT2D eigenvalue weighted by molar-refractivity contribution is 0.0996. The largest absolute Gasteiger partial charge is 0.471 e. The third kappa shape index (κ3) is 8.26. The molecule has 198 valence electrons. The lowest BCUT2D eigenvalue weighted by Gasteiger charge is -2.32. The number of nitrogens with zero attached hydrogens (tertiary/aromatic N) is 3. The van der Waals surface area contributed by atoms with Crippen LogP contribution in [0.15, 0.2) is 12.1 Å². The molecule has 0 unspecified atom stereocenters. The van der Waals surface area contributed by atoms with E-state index in [9.17, 15) is 18.4 Å². The zero-order chi connectivity index (χ0) is 26.1. The monoisotopic (exact) mass is 544 g/mol. The van der Waals surface area contributed by atoms with Gasteiger partial charge in [-0.05, 0) is 50.1 Å².